The monoisotopic (exact) mass is 200 g/mol. The number of nitrogens with zero attached hydrogens (tertiary/aromatic N) is 1. The first-order valence-electron chi connectivity index (χ1n) is 5.56. The van der Waals surface area contributed by atoms with Crippen LogP contribution in [0, 0.1) is 6.42 Å². The number of hydrogen-bond acceptors (Lipinski definition) is 1. The first-order chi connectivity index (χ1) is 6.36. The van der Waals surface area contributed by atoms with Gasteiger partial charge in [0, 0.05) is 11.4 Å². The van der Waals surface area contributed by atoms with E-state index in [1.165, 1.54) is 51.6 Å². The van der Waals surface area contributed by atoms with Crippen LogP contribution < -0.4 is 0 Å². The van der Waals surface area contributed by atoms with Gasteiger partial charge in [-0.1, -0.05) is 6.42 Å². The van der Waals surface area contributed by atoms with Gasteiger partial charge in [0.05, 0.1) is 0 Å². The van der Waals surface area contributed by atoms with E-state index >= 15 is 0 Å². The van der Waals surface area contributed by atoms with Gasteiger partial charge in [-0.3, -0.25) is 0 Å². The summed E-state index contributed by atoms with van der Waals surface area (Å²) in [6.07, 6.45) is 10.1. The molecular weight excluding hydrogens is 182 g/mol. The molecular formula is C11H19ClN. The zero-order chi connectivity index (χ0) is 9.10. The second-order valence-corrected chi connectivity index (χ2v) is 4.94. The van der Waals surface area contributed by atoms with Crippen LogP contribution in [-0.2, 0) is 0 Å². The molecule has 13 heavy (non-hydrogen) atoms. The quantitative estimate of drug-likeness (QED) is 0.589. The van der Waals surface area contributed by atoms with Crippen molar-refractivity contribution >= 4 is 11.6 Å². The molecule has 75 valence electrons. The van der Waals surface area contributed by atoms with Crippen LogP contribution in [0.1, 0.15) is 38.5 Å². The molecule has 2 atom stereocenters. The van der Waals surface area contributed by atoms with Gasteiger partial charge in [-0.2, -0.15) is 0 Å². The molecule has 0 amide bonds. The van der Waals surface area contributed by atoms with E-state index in [2.05, 4.69) is 11.3 Å². The van der Waals surface area contributed by atoms with Crippen molar-refractivity contribution in [2.45, 2.75) is 49.9 Å². The Balaban J connectivity index is 1.83. The molecule has 2 aliphatic rings. The predicted octanol–water partition coefficient (Wildman–Crippen LogP) is 2.84. The highest BCUT2D eigenvalue weighted by atomic mass is 35.5. The molecule has 1 heterocycles. The molecule has 1 saturated carbocycles. The smallest absolute Gasteiger partial charge is 0.0351 e. The Hall–Kier alpha value is 0.250. The van der Waals surface area contributed by atoms with Gasteiger partial charge in [0.1, 0.15) is 0 Å². The van der Waals surface area contributed by atoms with E-state index in [4.69, 9.17) is 11.6 Å². The summed E-state index contributed by atoms with van der Waals surface area (Å²) >= 11 is 6.20. The van der Waals surface area contributed by atoms with Crippen molar-refractivity contribution in [1.82, 2.24) is 4.90 Å². The SMILES string of the molecule is ClC1CCCC(N2CC[CH]CC2)C1. The van der Waals surface area contributed by atoms with Crippen molar-refractivity contribution in [3.63, 3.8) is 0 Å². The largest absolute Gasteiger partial charge is 0.300 e. The lowest BCUT2D eigenvalue weighted by atomic mass is 9.92. The minimum absolute atomic E-state index is 0.449. The van der Waals surface area contributed by atoms with Crippen LogP contribution in [0.4, 0.5) is 0 Å². The number of rotatable bonds is 1. The highest BCUT2D eigenvalue weighted by Gasteiger charge is 2.26. The Bertz CT molecular complexity index is 154. The second-order valence-electron chi connectivity index (χ2n) is 4.32. The minimum atomic E-state index is 0.449. The fraction of sp³-hybridized carbons (Fsp3) is 0.909. The molecule has 0 aromatic rings. The van der Waals surface area contributed by atoms with Crippen LogP contribution in [0.25, 0.3) is 0 Å². The van der Waals surface area contributed by atoms with Gasteiger partial charge in [0.2, 0.25) is 0 Å². The third kappa shape index (κ3) is 2.60. The van der Waals surface area contributed by atoms with Crippen LogP contribution in [0.2, 0.25) is 0 Å². The van der Waals surface area contributed by atoms with E-state index in [0.717, 1.165) is 6.04 Å². The number of piperidine rings is 1. The first-order valence-corrected chi connectivity index (χ1v) is 5.99. The molecule has 2 fully saturated rings. The normalized spacial score (nSPS) is 37.6. The number of hydrogen-bond donors (Lipinski definition) is 0. The van der Waals surface area contributed by atoms with Crippen LogP contribution in [0.15, 0.2) is 0 Å². The summed E-state index contributed by atoms with van der Waals surface area (Å²) in [6.45, 7) is 2.54. The third-order valence-electron chi connectivity index (χ3n) is 3.34. The van der Waals surface area contributed by atoms with E-state index in [-0.39, 0.29) is 0 Å². The van der Waals surface area contributed by atoms with E-state index in [0.29, 0.717) is 5.38 Å². The molecule has 0 spiro atoms. The first kappa shape index (κ1) is 9.79. The summed E-state index contributed by atoms with van der Waals surface area (Å²) in [5, 5.41) is 0.449. The fourth-order valence-electron chi connectivity index (χ4n) is 2.57. The molecule has 1 aliphatic heterocycles. The average Bonchev–Trinajstić information content (AvgIpc) is 2.19. The molecule has 0 aromatic carbocycles. The average molecular weight is 201 g/mol. The molecule has 2 unspecified atom stereocenters. The van der Waals surface area contributed by atoms with Crippen LogP contribution in [0.3, 0.4) is 0 Å². The standard InChI is InChI=1S/C11H19ClN/c12-10-5-4-6-11(9-10)13-7-2-1-3-8-13/h1,10-11H,2-9H2. The number of likely N-dealkylation sites (tertiary alicyclic amines) is 1. The highest BCUT2D eigenvalue weighted by Crippen LogP contribution is 2.28. The Morgan fingerprint density at radius 2 is 1.92 bits per heavy atom. The zero-order valence-electron chi connectivity index (χ0n) is 8.21. The van der Waals surface area contributed by atoms with Gasteiger partial charge in [0.15, 0.2) is 0 Å². The molecule has 0 N–H and O–H groups in total. The van der Waals surface area contributed by atoms with E-state index in [1.807, 2.05) is 0 Å². The Kier molecular flexibility index (Phi) is 3.51. The van der Waals surface area contributed by atoms with Gasteiger partial charge in [-0.05, 0) is 51.6 Å². The lowest BCUT2D eigenvalue weighted by molar-refractivity contribution is 0.146. The molecule has 1 nitrogen and oxygen atoms in total. The topological polar surface area (TPSA) is 3.24 Å². The Labute approximate surface area is 86.4 Å². The van der Waals surface area contributed by atoms with Gasteiger partial charge in [0.25, 0.3) is 0 Å². The lowest BCUT2D eigenvalue weighted by Crippen LogP contribution is -2.42. The van der Waals surface area contributed by atoms with Gasteiger partial charge in [-0.15, -0.1) is 11.6 Å². The Morgan fingerprint density at radius 1 is 1.15 bits per heavy atom. The molecule has 0 bridgehead atoms. The van der Waals surface area contributed by atoms with Crippen molar-refractivity contribution in [3.05, 3.63) is 6.42 Å². The zero-order valence-corrected chi connectivity index (χ0v) is 8.97. The maximum atomic E-state index is 6.20. The summed E-state index contributed by atoms with van der Waals surface area (Å²) in [5.41, 5.74) is 0. The molecule has 1 radical (unpaired) electrons. The molecule has 2 rings (SSSR count). The van der Waals surface area contributed by atoms with Crippen molar-refractivity contribution in [1.29, 1.82) is 0 Å². The van der Waals surface area contributed by atoms with E-state index in [1.54, 1.807) is 0 Å². The number of halogens is 1. The maximum Gasteiger partial charge on any atom is 0.0351 e. The molecule has 1 saturated heterocycles. The summed E-state index contributed by atoms with van der Waals surface area (Å²) in [5.74, 6) is 0. The molecule has 0 aromatic heterocycles. The van der Waals surface area contributed by atoms with Gasteiger partial charge in [-0.25, -0.2) is 0 Å². The van der Waals surface area contributed by atoms with Crippen molar-refractivity contribution < 1.29 is 0 Å². The minimum Gasteiger partial charge on any atom is -0.300 e. The van der Waals surface area contributed by atoms with Gasteiger partial charge >= 0.3 is 0 Å². The fourth-order valence-corrected chi connectivity index (χ4v) is 2.93. The highest BCUT2D eigenvalue weighted by molar-refractivity contribution is 6.20. The summed E-state index contributed by atoms with van der Waals surface area (Å²) < 4.78 is 0. The van der Waals surface area contributed by atoms with Crippen molar-refractivity contribution in [2.75, 3.05) is 13.1 Å². The van der Waals surface area contributed by atoms with Crippen LogP contribution >= 0.6 is 11.6 Å². The predicted molar refractivity (Wildman–Crippen MR) is 57.0 cm³/mol. The lowest BCUT2D eigenvalue weighted by Gasteiger charge is -2.38. The van der Waals surface area contributed by atoms with Crippen molar-refractivity contribution in [2.24, 2.45) is 0 Å². The summed E-state index contributed by atoms with van der Waals surface area (Å²) in [6, 6.07) is 0.796. The molecule has 1 aliphatic carbocycles. The van der Waals surface area contributed by atoms with Gasteiger partial charge < -0.3 is 4.90 Å². The summed E-state index contributed by atoms with van der Waals surface area (Å²) in [4.78, 5) is 2.65. The van der Waals surface area contributed by atoms with E-state index < -0.39 is 0 Å². The summed E-state index contributed by atoms with van der Waals surface area (Å²) in [7, 11) is 0. The third-order valence-corrected chi connectivity index (χ3v) is 3.74. The maximum absolute atomic E-state index is 6.20. The second kappa shape index (κ2) is 4.65. The van der Waals surface area contributed by atoms with Crippen LogP contribution in [-0.4, -0.2) is 29.4 Å². The molecule has 2 heteroatoms. The van der Waals surface area contributed by atoms with E-state index in [9.17, 15) is 0 Å². The van der Waals surface area contributed by atoms with Crippen molar-refractivity contribution in [3.8, 4) is 0 Å². The Morgan fingerprint density at radius 3 is 2.62 bits per heavy atom. The number of alkyl halides is 1. The van der Waals surface area contributed by atoms with Crippen LogP contribution in [0.5, 0.6) is 0 Å².